The van der Waals surface area contributed by atoms with E-state index in [1.54, 1.807) is 0 Å². The molecule has 0 bridgehead atoms. The smallest absolute Gasteiger partial charge is 0.125 e. The molecule has 0 atom stereocenters. The molecule has 0 unspecified atom stereocenters. The normalized spacial score (nSPS) is 14.0. The van der Waals surface area contributed by atoms with E-state index in [9.17, 15) is 51.9 Å². The predicted octanol–water partition coefficient (Wildman–Crippen LogP) is 0.200. The Kier molecular flexibility index (Phi) is 4.65. The fourth-order valence-corrected chi connectivity index (χ4v) is 6.44. The summed E-state index contributed by atoms with van der Waals surface area (Å²) in [7, 11) is -21.4. The van der Waals surface area contributed by atoms with Crippen LogP contribution in [0.5, 0.6) is 0 Å². The van der Waals surface area contributed by atoms with Gasteiger partial charge in [-0.15, -0.1) is 0 Å². The maximum atomic E-state index is 11.8. The van der Waals surface area contributed by atoms with Gasteiger partial charge in [0.25, 0.3) is 0 Å². The minimum Gasteiger partial charge on any atom is -0.744 e. The van der Waals surface area contributed by atoms with Gasteiger partial charge in [-0.3, -0.25) is 0 Å². The van der Waals surface area contributed by atoms with Crippen molar-refractivity contribution in [1.82, 2.24) is 0 Å². The van der Waals surface area contributed by atoms with Crippen molar-refractivity contribution < 1.29 is 51.9 Å². The second kappa shape index (κ2) is 6.55. The van der Waals surface area contributed by atoms with Crippen LogP contribution in [0.25, 0.3) is 32.3 Å². The van der Waals surface area contributed by atoms with Crippen molar-refractivity contribution in [2.75, 3.05) is 0 Å². The van der Waals surface area contributed by atoms with Crippen molar-refractivity contribution in [1.29, 1.82) is 0 Å². The molecule has 4 aromatic rings. The first-order chi connectivity index (χ1) is 14.4. The molecule has 0 amide bonds. The van der Waals surface area contributed by atoms with E-state index >= 15 is 0 Å². The zero-order valence-corrected chi connectivity index (χ0v) is 18.3. The summed E-state index contributed by atoms with van der Waals surface area (Å²) in [4.78, 5) is -4.23. The first-order valence-electron chi connectivity index (χ1n) is 8.04. The molecule has 0 radical (unpaired) electrons. The molecule has 4 rings (SSSR count). The van der Waals surface area contributed by atoms with Crippen LogP contribution in [0.2, 0.25) is 0 Å². The highest BCUT2D eigenvalue weighted by molar-refractivity contribution is 7.87. The van der Waals surface area contributed by atoms with Gasteiger partial charge in [-0.1, -0.05) is 12.1 Å². The van der Waals surface area contributed by atoms with Crippen LogP contribution < -0.4 is 0 Å². The molecule has 0 spiro atoms. The summed E-state index contributed by atoms with van der Waals surface area (Å²) in [5.74, 6) is 0. The second-order valence-corrected chi connectivity index (χ2v) is 12.0. The Bertz CT molecular complexity index is 1760. The van der Waals surface area contributed by atoms with Crippen LogP contribution in [0.3, 0.4) is 0 Å². The summed E-state index contributed by atoms with van der Waals surface area (Å²) in [6, 6.07) is 3.85. The minimum atomic E-state index is -5.35. The Morgan fingerprint density at radius 2 is 0.688 bits per heavy atom. The van der Waals surface area contributed by atoms with Gasteiger partial charge in [-0.2, -0.15) is 0 Å². The van der Waals surface area contributed by atoms with Gasteiger partial charge < -0.3 is 18.2 Å². The first-order valence-corrected chi connectivity index (χ1v) is 13.7. The fourth-order valence-electron chi connectivity index (χ4n) is 3.70. The van der Waals surface area contributed by atoms with Gasteiger partial charge in [0.1, 0.15) is 40.5 Å². The first kappa shape index (κ1) is 22.7. The van der Waals surface area contributed by atoms with E-state index in [2.05, 4.69) is 0 Å². The Morgan fingerprint density at radius 3 is 0.938 bits per heavy atom. The van der Waals surface area contributed by atoms with Crippen LogP contribution in [0, 0.1) is 0 Å². The maximum absolute atomic E-state index is 11.8. The lowest BCUT2D eigenvalue weighted by Gasteiger charge is -2.23. The topological polar surface area (TPSA) is 229 Å². The second-order valence-electron chi connectivity index (χ2n) is 6.63. The van der Waals surface area contributed by atoms with Crippen molar-refractivity contribution in [3.05, 3.63) is 36.4 Å². The van der Waals surface area contributed by atoms with Crippen molar-refractivity contribution in [3.8, 4) is 0 Å². The zero-order chi connectivity index (χ0) is 24.0. The molecule has 0 N–H and O–H groups in total. The molecule has 0 saturated heterocycles. The molecule has 4 aromatic carbocycles. The molecule has 0 aromatic heterocycles. The summed E-state index contributed by atoms with van der Waals surface area (Å²) in [5, 5.41) is -3.43. The van der Waals surface area contributed by atoms with Gasteiger partial charge in [-0.05, 0) is 35.0 Å². The van der Waals surface area contributed by atoms with E-state index < -0.39 is 92.4 Å². The highest BCUT2D eigenvalue weighted by Gasteiger charge is 2.24. The van der Waals surface area contributed by atoms with Crippen LogP contribution in [-0.2, 0) is 40.5 Å². The highest BCUT2D eigenvalue weighted by atomic mass is 32.2. The molecule has 0 aliphatic carbocycles. The number of hydrogen-bond donors (Lipinski definition) is 0. The minimum absolute atomic E-state index is 0.477. The number of hydrogen-bond acceptors (Lipinski definition) is 12. The van der Waals surface area contributed by atoms with Crippen molar-refractivity contribution >= 4 is 72.8 Å². The lowest BCUT2D eigenvalue weighted by Crippen LogP contribution is -2.08. The van der Waals surface area contributed by atoms with Gasteiger partial charge in [0.05, 0.1) is 19.6 Å². The average Bonchev–Trinajstić information content (AvgIpc) is 2.61. The summed E-state index contributed by atoms with van der Waals surface area (Å²) in [5.41, 5.74) is 0. The molecule has 32 heavy (non-hydrogen) atoms. The quantitative estimate of drug-likeness (QED) is 0.260. The van der Waals surface area contributed by atoms with Gasteiger partial charge in [0.2, 0.25) is 0 Å². The van der Waals surface area contributed by atoms with Crippen LogP contribution in [0.15, 0.2) is 56.0 Å². The van der Waals surface area contributed by atoms with Crippen molar-refractivity contribution in [2.24, 2.45) is 0 Å². The van der Waals surface area contributed by atoms with Crippen LogP contribution in [0.4, 0.5) is 0 Å². The summed E-state index contributed by atoms with van der Waals surface area (Å²) in [6.07, 6.45) is 0. The molecule has 12 nitrogen and oxygen atoms in total. The molecule has 0 aliphatic heterocycles. The standard InChI is InChI=1S/C16H10O12S4/c17-29(18,19)11-3-1-7-13(31(23,24)25)5-10-12(30(20,21)22)4-2-8-14(32(26,27)28)6-9(11)15(7)16(8)10/h1-6H,(H,17,18,19)(H,20,21,22)(H,23,24,25)(H,26,27,28)/p-4. The third kappa shape index (κ3) is 3.41. The van der Waals surface area contributed by atoms with E-state index in [4.69, 9.17) is 0 Å². The van der Waals surface area contributed by atoms with Crippen molar-refractivity contribution in [3.63, 3.8) is 0 Å². The fraction of sp³-hybridized carbons (Fsp3) is 0. The maximum Gasteiger partial charge on any atom is 0.125 e. The molecule has 170 valence electrons. The van der Waals surface area contributed by atoms with Gasteiger partial charge in [0, 0.05) is 21.5 Å². The molecule has 0 aliphatic rings. The SMILES string of the molecule is O=S(=O)([O-])c1cc2c(S(=O)(=O)[O-])ccc3c(S(=O)(=O)[O-])cc4c(S(=O)(=O)[O-])ccc1c4c32. The summed E-state index contributed by atoms with van der Waals surface area (Å²) >= 11 is 0. The highest BCUT2D eigenvalue weighted by Crippen LogP contribution is 2.44. The lowest BCUT2D eigenvalue weighted by molar-refractivity contribution is 0.460. The third-order valence-corrected chi connectivity index (χ3v) is 8.36. The molecule has 0 fully saturated rings. The van der Waals surface area contributed by atoms with Crippen LogP contribution in [0.1, 0.15) is 0 Å². The largest absolute Gasteiger partial charge is 0.744 e. The van der Waals surface area contributed by atoms with E-state index in [0.717, 1.165) is 12.1 Å². The van der Waals surface area contributed by atoms with E-state index in [1.807, 2.05) is 0 Å². The molecular formula is C16H6O12S4-4. The molecule has 16 heteroatoms. The summed E-state index contributed by atoms with van der Waals surface area (Å²) < 4.78 is 142. The Hall–Kier alpha value is -2.44. The Labute approximate surface area is 180 Å². The zero-order valence-electron chi connectivity index (χ0n) is 15.0. The molecular weight excluding hydrogens is 512 g/mol. The number of rotatable bonds is 4. The van der Waals surface area contributed by atoms with E-state index in [1.165, 1.54) is 0 Å². The van der Waals surface area contributed by atoms with Crippen LogP contribution >= 0.6 is 0 Å². The van der Waals surface area contributed by atoms with Crippen LogP contribution in [-0.4, -0.2) is 51.9 Å². The third-order valence-electron chi connectivity index (χ3n) is 4.82. The molecule has 0 saturated carbocycles. The van der Waals surface area contributed by atoms with E-state index in [-0.39, 0.29) is 0 Å². The monoisotopic (exact) mass is 518 g/mol. The van der Waals surface area contributed by atoms with Gasteiger partial charge in [-0.25, -0.2) is 33.7 Å². The van der Waals surface area contributed by atoms with E-state index in [0.29, 0.717) is 24.3 Å². The van der Waals surface area contributed by atoms with Gasteiger partial charge in [0.15, 0.2) is 0 Å². The number of benzene rings is 4. The van der Waals surface area contributed by atoms with Gasteiger partial charge >= 0.3 is 0 Å². The Balaban J connectivity index is 2.55. The Morgan fingerprint density at radius 1 is 0.406 bits per heavy atom. The lowest BCUT2D eigenvalue weighted by atomic mass is 9.94. The van der Waals surface area contributed by atoms with Crippen molar-refractivity contribution in [2.45, 2.75) is 19.6 Å². The molecule has 0 heterocycles. The average molecular weight is 518 g/mol. The predicted molar refractivity (Wildman–Crippen MR) is 102 cm³/mol. The summed E-state index contributed by atoms with van der Waals surface area (Å²) in [6.45, 7) is 0.